The number of amides is 1. The second kappa shape index (κ2) is 5.11. The van der Waals surface area contributed by atoms with Crippen molar-refractivity contribution in [2.45, 2.75) is 12.1 Å². The largest absolute Gasteiger partial charge is 0.467 e. The number of rotatable bonds is 4. The van der Waals surface area contributed by atoms with E-state index in [9.17, 15) is 18.0 Å². The summed E-state index contributed by atoms with van der Waals surface area (Å²) in [5, 5.41) is 2.30. The molecule has 0 saturated heterocycles. The first kappa shape index (κ1) is 12.0. The van der Waals surface area contributed by atoms with Crippen LogP contribution in [0.4, 0.5) is 13.2 Å². The van der Waals surface area contributed by atoms with E-state index in [2.05, 4.69) is 5.32 Å². The molecule has 15 heavy (non-hydrogen) atoms. The highest BCUT2D eigenvalue weighted by molar-refractivity contribution is 8.00. The molecule has 0 saturated carbocycles. The predicted molar refractivity (Wildman–Crippen MR) is 49.1 cm³/mol. The number of alkyl halides is 3. The highest BCUT2D eigenvalue weighted by Crippen LogP contribution is 2.29. The van der Waals surface area contributed by atoms with Gasteiger partial charge in [-0.2, -0.15) is 13.2 Å². The van der Waals surface area contributed by atoms with Gasteiger partial charge in [-0.1, -0.05) is 0 Å². The van der Waals surface area contributed by atoms with Crippen molar-refractivity contribution in [1.82, 2.24) is 5.32 Å². The van der Waals surface area contributed by atoms with Gasteiger partial charge in [0.25, 0.3) is 0 Å². The summed E-state index contributed by atoms with van der Waals surface area (Å²) < 4.78 is 40.0. The minimum Gasteiger partial charge on any atom is -0.467 e. The number of hydrogen-bond donors (Lipinski definition) is 1. The summed E-state index contributed by atoms with van der Waals surface area (Å²) in [4.78, 5) is 10.9. The zero-order valence-electron chi connectivity index (χ0n) is 7.50. The summed E-state index contributed by atoms with van der Waals surface area (Å²) in [6, 6.07) is 3.25. The number of nitrogens with one attached hydrogen (secondary N) is 1. The van der Waals surface area contributed by atoms with Crippen LogP contribution in [-0.4, -0.2) is 17.2 Å². The number of carbonyl (C=O) groups excluding carboxylic acids is 1. The lowest BCUT2D eigenvalue weighted by Gasteiger charge is -2.05. The lowest BCUT2D eigenvalue weighted by atomic mass is 10.4. The fraction of sp³-hybridized carbons (Fsp3) is 0.375. The van der Waals surface area contributed by atoms with E-state index in [0.29, 0.717) is 5.76 Å². The molecule has 1 rings (SSSR count). The molecule has 1 N–H and O–H groups in total. The molecule has 0 fully saturated rings. The van der Waals surface area contributed by atoms with E-state index in [1.54, 1.807) is 12.1 Å². The van der Waals surface area contributed by atoms with Gasteiger partial charge in [0.2, 0.25) is 5.91 Å². The van der Waals surface area contributed by atoms with Crippen molar-refractivity contribution < 1.29 is 22.4 Å². The lowest BCUT2D eigenvalue weighted by Crippen LogP contribution is -2.25. The van der Waals surface area contributed by atoms with E-state index in [1.807, 2.05) is 0 Å². The third kappa shape index (κ3) is 5.36. The Hall–Kier alpha value is -1.11. The molecular weight excluding hydrogens is 231 g/mol. The lowest BCUT2D eigenvalue weighted by molar-refractivity contribution is -0.119. The SMILES string of the molecule is O=C(CSC(F)(F)F)NCc1ccco1. The van der Waals surface area contributed by atoms with Gasteiger partial charge in [-0.3, -0.25) is 4.79 Å². The highest BCUT2D eigenvalue weighted by Gasteiger charge is 2.29. The Bertz CT molecular complexity index is 310. The molecule has 0 atom stereocenters. The maximum absolute atomic E-state index is 11.7. The molecule has 0 spiro atoms. The van der Waals surface area contributed by atoms with Gasteiger partial charge in [-0.25, -0.2) is 0 Å². The van der Waals surface area contributed by atoms with Gasteiger partial charge in [0.1, 0.15) is 5.76 Å². The molecule has 0 unspecified atom stereocenters. The Morgan fingerprint density at radius 3 is 2.80 bits per heavy atom. The number of thioether (sulfide) groups is 1. The van der Waals surface area contributed by atoms with Gasteiger partial charge >= 0.3 is 5.51 Å². The Labute approximate surface area is 88.0 Å². The number of hydrogen-bond acceptors (Lipinski definition) is 3. The van der Waals surface area contributed by atoms with Crippen LogP contribution < -0.4 is 5.32 Å². The first-order valence-electron chi connectivity index (χ1n) is 3.97. The van der Waals surface area contributed by atoms with Crippen molar-refractivity contribution >= 4 is 17.7 Å². The Balaban J connectivity index is 2.20. The summed E-state index contributed by atoms with van der Waals surface area (Å²) in [6.45, 7) is 0.101. The van der Waals surface area contributed by atoms with Gasteiger partial charge in [-0.05, 0) is 23.9 Å². The van der Waals surface area contributed by atoms with Gasteiger partial charge < -0.3 is 9.73 Å². The predicted octanol–water partition coefficient (Wildman–Crippen LogP) is 2.15. The fourth-order valence-electron chi connectivity index (χ4n) is 0.797. The zero-order valence-corrected chi connectivity index (χ0v) is 8.32. The third-order valence-electron chi connectivity index (χ3n) is 1.41. The van der Waals surface area contributed by atoms with E-state index in [1.165, 1.54) is 6.26 Å². The molecule has 0 aliphatic rings. The summed E-state index contributed by atoms with van der Waals surface area (Å²) in [7, 11) is 0. The molecule has 1 aromatic rings. The molecule has 1 aromatic heterocycles. The maximum Gasteiger partial charge on any atom is 0.442 e. The number of halogens is 3. The number of furan rings is 1. The summed E-state index contributed by atoms with van der Waals surface area (Å²) in [5.74, 6) is -0.807. The van der Waals surface area contributed by atoms with Crippen LogP contribution in [0.2, 0.25) is 0 Å². The van der Waals surface area contributed by atoms with E-state index >= 15 is 0 Å². The quantitative estimate of drug-likeness (QED) is 0.875. The van der Waals surface area contributed by atoms with Crippen LogP contribution in [-0.2, 0) is 11.3 Å². The average Bonchev–Trinajstić information content (AvgIpc) is 2.62. The van der Waals surface area contributed by atoms with Gasteiger partial charge in [0.15, 0.2) is 0 Å². The molecular formula is C8H8F3NO2S. The van der Waals surface area contributed by atoms with E-state index < -0.39 is 17.2 Å². The van der Waals surface area contributed by atoms with E-state index in [4.69, 9.17) is 4.42 Å². The van der Waals surface area contributed by atoms with Crippen molar-refractivity contribution in [3.63, 3.8) is 0 Å². The average molecular weight is 239 g/mol. The fourth-order valence-corrected chi connectivity index (χ4v) is 1.19. The van der Waals surface area contributed by atoms with Gasteiger partial charge in [0.05, 0.1) is 18.6 Å². The molecule has 84 valence electrons. The standard InChI is InChI=1S/C8H8F3NO2S/c9-8(10,11)15-5-7(13)12-4-6-2-1-3-14-6/h1-3H,4-5H2,(H,12,13). The molecule has 0 bridgehead atoms. The Morgan fingerprint density at radius 1 is 1.53 bits per heavy atom. The first-order chi connectivity index (χ1) is 6.97. The van der Waals surface area contributed by atoms with Crippen LogP contribution in [0.25, 0.3) is 0 Å². The van der Waals surface area contributed by atoms with Crippen LogP contribution in [0, 0.1) is 0 Å². The summed E-state index contributed by atoms with van der Waals surface area (Å²) in [5.41, 5.74) is -4.37. The topological polar surface area (TPSA) is 42.2 Å². The normalized spacial score (nSPS) is 11.4. The van der Waals surface area contributed by atoms with Crippen LogP contribution >= 0.6 is 11.8 Å². The molecule has 0 aliphatic heterocycles. The first-order valence-corrected chi connectivity index (χ1v) is 4.96. The second-order valence-electron chi connectivity index (χ2n) is 2.59. The minimum absolute atomic E-state index is 0.101. The highest BCUT2D eigenvalue weighted by atomic mass is 32.2. The van der Waals surface area contributed by atoms with Crippen molar-refractivity contribution in [2.24, 2.45) is 0 Å². The molecule has 0 aromatic carbocycles. The smallest absolute Gasteiger partial charge is 0.442 e. The zero-order chi connectivity index (χ0) is 11.3. The minimum atomic E-state index is -4.37. The van der Waals surface area contributed by atoms with Crippen molar-refractivity contribution in [1.29, 1.82) is 0 Å². The van der Waals surface area contributed by atoms with Gasteiger partial charge in [-0.15, -0.1) is 0 Å². The van der Waals surface area contributed by atoms with Crippen LogP contribution in [0.1, 0.15) is 5.76 Å². The maximum atomic E-state index is 11.7. The molecule has 3 nitrogen and oxygen atoms in total. The molecule has 1 heterocycles. The molecule has 1 amide bonds. The Morgan fingerprint density at radius 2 is 2.27 bits per heavy atom. The summed E-state index contributed by atoms with van der Waals surface area (Å²) >= 11 is -0.364. The molecule has 0 aliphatic carbocycles. The third-order valence-corrected chi connectivity index (χ3v) is 2.14. The monoisotopic (exact) mass is 239 g/mol. The van der Waals surface area contributed by atoms with Crippen LogP contribution in [0.3, 0.4) is 0 Å². The van der Waals surface area contributed by atoms with Gasteiger partial charge in [0, 0.05) is 0 Å². The van der Waals surface area contributed by atoms with E-state index in [0.717, 1.165) is 0 Å². The summed E-state index contributed by atoms with van der Waals surface area (Å²) in [6.07, 6.45) is 1.42. The van der Waals surface area contributed by atoms with Crippen molar-refractivity contribution in [3.8, 4) is 0 Å². The molecule has 7 heteroatoms. The Kier molecular flexibility index (Phi) is 4.07. The van der Waals surface area contributed by atoms with E-state index in [-0.39, 0.29) is 18.3 Å². The number of carbonyl (C=O) groups is 1. The van der Waals surface area contributed by atoms with Crippen LogP contribution in [0.15, 0.2) is 22.8 Å². The second-order valence-corrected chi connectivity index (χ2v) is 3.63. The van der Waals surface area contributed by atoms with Crippen LogP contribution in [0.5, 0.6) is 0 Å². The molecule has 0 radical (unpaired) electrons. The van der Waals surface area contributed by atoms with Crippen molar-refractivity contribution in [3.05, 3.63) is 24.2 Å². The van der Waals surface area contributed by atoms with Crippen molar-refractivity contribution in [2.75, 3.05) is 5.75 Å².